The van der Waals surface area contributed by atoms with Gasteiger partial charge in [0.2, 0.25) is 0 Å². The molecular weight excluding hydrogens is 197 g/mol. The number of benzene rings is 1. The van der Waals surface area contributed by atoms with Crippen LogP contribution in [-0.2, 0) is 16.1 Å². The van der Waals surface area contributed by atoms with Gasteiger partial charge in [-0.05, 0) is 17.7 Å². The first-order valence-electron chi connectivity index (χ1n) is 4.45. The zero-order valence-corrected chi connectivity index (χ0v) is 7.81. The molecule has 1 heterocycles. The van der Waals surface area contributed by atoms with Crippen molar-refractivity contribution in [1.82, 2.24) is 4.90 Å². The summed E-state index contributed by atoms with van der Waals surface area (Å²) in [6.45, 7) is 0.185. The molecule has 0 bridgehead atoms. The Morgan fingerprint density at radius 1 is 1.00 bits per heavy atom. The van der Waals surface area contributed by atoms with E-state index in [0.29, 0.717) is 0 Å². The molecule has 2 amide bonds. The minimum Gasteiger partial charge on any atom is -0.271 e. The van der Waals surface area contributed by atoms with Gasteiger partial charge in [-0.15, -0.1) is 0 Å². The van der Waals surface area contributed by atoms with Gasteiger partial charge in [-0.3, -0.25) is 14.5 Å². The van der Waals surface area contributed by atoms with Crippen LogP contribution in [0.3, 0.4) is 0 Å². The summed E-state index contributed by atoms with van der Waals surface area (Å²) in [4.78, 5) is 23.5. The summed E-state index contributed by atoms with van der Waals surface area (Å²) in [6, 6.07) is 5.70. The topological polar surface area (TPSA) is 37.4 Å². The van der Waals surface area contributed by atoms with E-state index in [-0.39, 0.29) is 24.2 Å². The third-order valence-electron chi connectivity index (χ3n) is 2.15. The van der Waals surface area contributed by atoms with Gasteiger partial charge < -0.3 is 0 Å². The van der Waals surface area contributed by atoms with Gasteiger partial charge in [0.25, 0.3) is 11.8 Å². The third kappa shape index (κ3) is 1.93. The van der Waals surface area contributed by atoms with Crippen molar-refractivity contribution in [2.75, 3.05) is 0 Å². The molecule has 0 fully saturated rings. The summed E-state index contributed by atoms with van der Waals surface area (Å²) in [7, 11) is 0. The standard InChI is InChI=1S/C11H8FNO2/c12-9-3-1-8(2-4-9)7-13-10(14)5-6-11(13)15/h1-6H,7H2. The Labute approximate surface area is 85.8 Å². The molecule has 1 aliphatic rings. The predicted molar refractivity (Wildman–Crippen MR) is 51.1 cm³/mol. The van der Waals surface area contributed by atoms with Crippen LogP contribution in [0.2, 0.25) is 0 Å². The van der Waals surface area contributed by atoms with Crippen LogP contribution in [0.5, 0.6) is 0 Å². The van der Waals surface area contributed by atoms with Gasteiger partial charge in [0.15, 0.2) is 0 Å². The molecule has 15 heavy (non-hydrogen) atoms. The van der Waals surface area contributed by atoms with Gasteiger partial charge in [-0.1, -0.05) is 12.1 Å². The number of hydrogen-bond acceptors (Lipinski definition) is 2. The van der Waals surface area contributed by atoms with Gasteiger partial charge in [-0.2, -0.15) is 0 Å². The first-order chi connectivity index (χ1) is 7.16. The molecule has 0 saturated heterocycles. The number of halogens is 1. The lowest BCUT2D eigenvalue weighted by atomic mass is 10.2. The van der Waals surface area contributed by atoms with Crippen molar-refractivity contribution in [1.29, 1.82) is 0 Å². The lowest BCUT2D eigenvalue weighted by Gasteiger charge is -2.13. The molecule has 2 rings (SSSR count). The van der Waals surface area contributed by atoms with Crippen molar-refractivity contribution in [3.63, 3.8) is 0 Å². The molecule has 0 radical (unpaired) electrons. The number of imide groups is 1. The number of carbonyl (C=O) groups is 2. The average Bonchev–Trinajstić information content (AvgIpc) is 2.53. The number of rotatable bonds is 2. The van der Waals surface area contributed by atoms with E-state index in [2.05, 4.69) is 0 Å². The summed E-state index contributed by atoms with van der Waals surface area (Å²) in [5.74, 6) is -0.996. The first kappa shape index (κ1) is 9.58. The molecule has 1 aliphatic heterocycles. The van der Waals surface area contributed by atoms with Gasteiger partial charge in [0.1, 0.15) is 5.82 Å². The number of hydrogen-bond donors (Lipinski definition) is 0. The van der Waals surface area contributed by atoms with Crippen molar-refractivity contribution < 1.29 is 14.0 Å². The van der Waals surface area contributed by atoms with Gasteiger partial charge >= 0.3 is 0 Å². The van der Waals surface area contributed by atoms with Crippen LogP contribution >= 0.6 is 0 Å². The minimum atomic E-state index is -0.337. The van der Waals surface area contributed by atoms with Crippen LogP contribution in [0.1, 0.15) is 5.56 Å². The maximum Gasteiger partial charge on any atom is 0.253 e. The molecule has 1 aromatic carbocycles. The van der Waals surface area contributed by atoms with Crippen molar-refractivity contribution >= 4 is 11.8 Å². The van der Waals surface area contributed by atoms with E-state index in [9.17, 15) is 14.0 Å². The molecule has 0 N–H and O–H groups in total. The van der Waals surface area contributed by atoms with E-state index in [0.717, 1.165) is 10.5 Å². The van der Waals surface area contributed by atoms with Crippen LogP contribution in [0.4, 0.5) is 4.39 Å². The van der Waals surface area contributed by atoms with Crippen molar-refractivity contribution in [2.45, 2.75) is 6.54 Å². The van der Waals surface area contributed by atoms with Crippen LogP contribution < -0.4 is 0 Å². The summed E-state index contributed by atoms with van der Waals surface area (Å²) in [6.07, 6.45) is 2.46. The Hall–Kier alpha value is -1.97. The van der Waals surface area contributed by atoms with Gasteiger partial charge in [0, 0.05) is 12.2 Å². The SMILES string of the molecule is O=C1C=CC(=O)N1Cc1ccc(F)cc1. The Kier molecular flexibility index (Phi) is 2.33. The zero-order valence-electron chi connectivity index (χ0n) is 7.81. The fourth-order valence-corrected chi connectivity index (χ4v) is 1.36. The minimum absolute atomic E-state index is 0.185. The number of carbonyl (C=O) groups excluding carboxylic acids is 2. The lowest BCUT2D eigenvalue weighted by Crippen LogP contribution is -2.29. The number of amides is 2. The zero-order chi connectivity index (χ0) is 10.8. The second kappa shape index (κ2) is 3.65. The maximum atomic E-state index is 12.6. The Morgan fingerprint density at radius 3 is 2.07 bits per heavy atom. The molecule has 0 aliphatic carbocycles. The number of nitrogens with zero attached hydrogens (tertiary/aromatic N) is 1. The molecule has 1 aromatic rings. The first-order valence-corrected chi connectivity index (χ1v) is 4.45. The Balaban J connectivity index is 2.12. The monoisotopic (exact) mass is 205 g/mol. The predicted octanol–water partition coefficient (Wildman–Crippen LogP) is 1.25. The molecule has 4 heteroatoms. The molecule has 0 saturated carbocycles. The maximum absolute atomic E-state index is 12.6. The molecule has 0 spiro atoms. The second-order valence-electron chi connectivity index (χ2n) is 3.22. The highest BCUT2D eigenvalue weighted by Gasteiger charge is 2.22. The molecule has 0 unspecified atom stereocenters. The summed E-state index contributed by atoms with van der Waals surface area (Å²) < 4.78 is 12.6. The van der Waals surface area contributed by atoms with Crippen LogP contribution in [0, 0.1) is 5.82 Å². The van der Waals surface area contributed by atoms with E-state index in [1.54, 1.807) is 12.1 Å². The molecular formula is C11H8FNO2. The normalized spacial score (nSPS) is 15.1. The molecule has 0 atom stereocenters. The highest BCUT2D eigenvalue weighted by atomic mass is 19.1. The Morgan fingerprint density at radius 2 is 1.53 bits per heavy atom. The largest absolute Gasteiger partial charge is 0.271 e. The Bertz CT molecular complexity index is 418. The molecule has 0 aromatic heterocycles. The lowest BCUT2D eigenvalue weighted by molar-refractivity contribution is -0.137. The van der Waals surface area contributed by atoms with Gasteiger partial charge in [-0.25, -0.2) is 4.39 Å². The average molecular weight is 205 g/mol. The highest BCUT2D eigenvalue weighted by Crippen LogP contribution is 2.11. The second-order valence-corrected chi connectivity index (χ2v) is 3.22. The fourth-order valence-electron chi connectivity index (χ4n) is 1.36. The smallest absolute Gasteiger partial charge is 0.253 e. The summed E-state index contributed by atoms with van der Waals surface area (Å²) in [5, 5.41) is 0. The third-order valence-corrected chi connectivity index (χ3v) is 2.15. The van der Waals surface area contributed by atoms with Crippen LogP contribution in [0.15, 0.2) is 36.4 Å². The van der Waals surface area contributed by atoms with Gasteiger partial charge in [0.05, 0.1) is 6.54 Å². The van der Waals surface area contributed by atoms with E-state index in [4.69, 9.17) is 0 Å². The molecule has 3 nitrogen and oxygen atoms in total. The van der Waals surface area contributed by atoms with E-state index in [1.807, 2.05) is 0 Å². The van der Waals surface area contributed by atoms with Crippen molar-refractivity contribution in [2.24, 2.45) is 0 Å². The van der Waals surface area contributed by atoms with E-state index >= 15 is 0 Å². The summed E-state index contributed by atoms with van der Waals surface area (Å²) >= 11 is 0. The van der Waals surface area contributed by atoms with Crippen molar-refractivity contribution in [3.05, 3.63) is 47.8 Å². The molecule has 76 valence electrons. The fraction of sp³-hybridized carbons (Fsp3) is 0.0909. The van der Waals surface area contributed by atoms with E-state index in [1.165, 1.54) is 24.3 Å². The van der Waals surface area contributed by atoms with Crippen LogP contribution in [-0.4, -0.2) is 16.7 Å². The quantitative estimate of drug-likeness (QED) is 0.681. The van der Waals surface area contributed by atoms with Crippen LogP contribution in [0.25, 0.3) is 0 Å². The van der Waals surface area contributed by atoms with E-state index < -0.39 is 0 Å². The summed E-state index contributed by atoms with van der Waals surface area (Å²) in [5.41, 5.74) is 0.724. The highest BCUT2D eigenvalue weighted by molar-refractivity contribution is 6.12. The van der Waals surface area contributed by atoms with Crippen molar-refractivity contribution in [3.8, 4) is 0 Å².